The standard InChI is InChI=1S/C22H27N5O3S/c1-14(2)27-17(6-9-25-27)22(29)26-11-7-15(13-26)18-16-5-4-8-24-21(16)31-19(18)20(28)23-10-12-30-3/h4-6,8-9,14-15H,7,10-13H2,1-3H3,(H,23,28)/t15-/m1/s1. The summed E-state index contributed by atoms with van der Waals surface area (Å²) in [4.78, 5) is 33.9. The molecule has 164 valence electrons. The highest BCUT2D eigenvalue weighted by molar-refractivity contribution is 7.20. The van der Waals surface area contributed by atoms with Crippen molar-refractivity contribution in [2.45, 2.75) is 32.2 Å². The van der Waals surface area contributed by atoms with E-state index in [1.807, 2.05) is 30.9 Å². The molecule has 1 atom stereocenters. The molecule has 1 fully saturated rings. The Morgan fingerprint density at radius 3 is 2.94 bits per heavy atom. The van der Waals surface area contributed by atoms with Crippen molar-refractivity contribution in [3.63, 3.8) is 0 Å². The third-order valence-electron chi connectivity index (χ3n) is 5.56. The fourth-order valence-electron chi connectivity index (χ4n) is 4.11. The number of carbonyl (C=O) groups excluding carboxylic acids is 2. The zero-order valence-electron chi connectivity index (χ0n) is 18.0. The maximum Gasteiger partial charge on any atom is 0.272 e. The third-order valence-corrected chi connectivity index (χ3v) is 6.69. The Morgan fingerprint density at radius 2 is 2.16 bits per heavy atom. The second kappa shape index (κ2) is 9.15. The fraction of sp³-hybridized carbons (Fsp3) is 0.455. The quantitative estimate of drug-likeness (QED) is 0.569. The average molecular weight is 442 g/mol. The molecule has 1 aliphatic heterocycles. The number of nitrogens with zero attached hydrogens (tertiary/aromatic N) is 4. The number of fused-ring (bicyclic) bond motifs is 1. The van der Waals surface area contributed by atoms with Crippen molar-refractivity contribution in [3.8, 4) is 0 Å². The van der Waals surface area contributed by atoms with Crippen molar-refractivity contribution in [3.05, 3.63) is 46.7 Å². The van der Waals surface area contributed by atoms with Crippen molar-refractivity contribution < 1.29 is 14.3 Å². The number of hydrogen-bond acceptors (Lipinski definition) is 6. The molecule has 31 heavy (non-hydrogen) atoms. The minimum atomic E-state index is -0.113. The lowest BCUT2D eigenvalue weighted by Crippen LogP contribution is -2.31. The van der Waals surface area contributed by atoms with E-state index in [-0.39, 0.29) is 23.8 Å². The third kappa shape index (κ3) is 4.20. The summed E-state index contributed by atoms with van der Waals surface area (Å²) in [6.07, 6.45) is 4.22. The van der Waals surface area contributed by atoms with E-state index >= 15 is 0 Å². The Bertz CT molecular complexity index is 1090. The number of methoxy groups -OCH3 is 1. The molecule has 0 saturated carbocycles. The van der Waals surface area contributed by atoms with Gasteiger partial charge in [-0.2, -0.15) is 5.10 Å². The maximum atomic E-state index is 13.2. The van der Waals surface area contributed by atoms with Gasteiger partial charge in [-0.3, -0.25) is 14.3 Å². The van der Waals surface area contributed by atoms with Gasteiger partial charge in [0.05, 0.1) is 11.5 Å². The summed E-state index contributed by atoms with van der Waals surface area (Å²) in [6.45, 7) is 6.14. The van der Waals surface area contributed by atoms with Crippen LogP contribution in [-0.4, -0.2) is 64.8 Å². The van der Waals surface area contributed by atoms with Crippen LogP contribution in [0.4, 0.5) is 0 Å². The Hall–Kier alpha value is -2.78. The topological polar surface area (TPSA) is 89.3 Å². The Kier molecular flexibility index (Phi) is 6.33. The predicted molar refractivity (Wildman–Crippen MR) is 120 cm³/mol. The van der Waals surface area contributed by atoms with Crippen molar-refractivity contribution >= 4 is 33.4 Å². The molecule has 0 spiro atoms. The van der Waals surface area contributed by atoms with Crippen LogP contribution in [0.25, 0.3) is 10.2 Å². The molecule has 3 aromatic rings. The van der Waals surface area contributed by atoms with Crippen LogP contribution >= 0.6 is 11.3 Å². The number of rotatable bonds is 7. The summed E-state index contributed by atoms with van der Waals surface area (Å²) in [5, 5.41) is 8.21. The van der Waals surface area contributed by atoms with E-state index in [4.69, 9.17) is 4.74 Å². The second-order valence-electron chi connectivity index (χ2n) is 7.94. The molecular weight excluding hydrogens is 414 g/mol. The first-order valence-corrected chi connectivity index (χ1v) is 11.3. The van der Waals surface area contributed by atoms with E-state index in [0.717, 1.165) is 22.2 Å². The predicted octanol–water partition coefficient (Wildman–Crippen LogP) is 3.08. The second-order valence-corrected chi connectivity index (χ2v) is 8.94. The molecule has 1 N–H and O–H groups in total. The van der Waals surface area contributed by atoms with Crippen LogP contribution in [0, 0.1) is 0 Å². The van der Waals surface area contributed by atoms with E-state index in [1.54, 1.807) is 30.3 Å². The minimum Gasteiger partial charge on any atom is -0.383 e. The number of amides is 2. The van der Waals surface area contributed by atoms with Crippen LogP contribution in [0.2, 0.25) is 0 Å². The van der Waals surface area contributed by atoms with Crippen LogP contribution < -0.4 is 5.32 Å². The number of carbonyl (C=O) groups is 2. The molecule has 9 heteroatoms. The van der Waals surface area contributed by atoms with E-state index < -0.39 is 0 Å². The summed E-state index contributed by atoms with van der Waals surface area (Å²) in [5.41, 5.74) is 1.60. The number of thiophene rings is 1. The van der Waals surface area contributed by atoms with Crippen molar-refractivity contribution in [1.82, 2.24) is 25.0 Å². The molecule has 2 amide bonds. The smallest absolute Gasteiger partial charge is 0.272 e. The Labute approximate surface area is 185 Å². The summed E-state index contributed by atoms with van der Waals surface area (Å²) in [5.74, 6) is -0.0457. The molecule has 0 radical (unpaired) electrons. The summed E-state index contributed by atoms with van der Waals surface area (Å²) in [6, 6.07) is 5.79. The highest BCUT2D eigenvalue weighted by Gasteiger charge is 2.34. The molecule has 1 aliphatic rings. The van der Waals surface area contributed by atoms with Crippen molar-refractivity contribution in [2.75, 3.05) is 33.4 Å². The van der Waals surface area contributed by atoms with Gasteiger partial charge in [-0.15, -0.1) is 11.3 Å². The van der Waals surface area contributed by atoms with Gasteiger partial charge in [0.15, 0.2) is 0 Å². The van der Waals surface area contributed by atoms with Gasteiger partial charge >= 0.3 is 0 Å². The van der Waals surface area contributed by atoms with E-state index in [9.17, 15) is 9.59 Å². The van der Waals surface area contributed by atoms with Gasteiger partial charge in [0.2, 0.25) is 0 Å². The first-order valence-electron chi connectivity index (χ1n) is 10.5. The fourth-order valence-corrected chi connectivity index (χ4v) is 5.26. The zero-order valence-corrected chi connectivity index (χ0v) is 18.8. The molecule has 0 aliphatic carbocycles. The van der Waals surface area contributed by atoms with Gasteiger partial charge in [-0.05, 0) is 38.0 Å². The lowest BCUT2D eigenvalue weighted by Gasteiger charge is -2.19. The molecule has 8 nitrogen and oxygen atoms in total. The van der Waals surface area contributed by atoms with Gasteiger partial charge in [-0.1, -0.05) is 6.07 Å². The zero-order chi connectivity index (χ0) is 22.0. The summed E-state index contributed by atoms with van der Waals surface area (Å²) >= 11 is 1.41. The molecule has 4 heterocycles. The maximum absolute atomic E-state index is 13.2. The Morgan fingerprint density at radius 1 is 1.32 bits per heavy atom. The lowest BCUT2D eigenvalue weighted by atomic mass is 9.95. The monoisotopic (exact) mass is 441 g/mol. The Balaban J connectivity index is 1.60. The number of hydrogen-bond donors (Lipinski definition) is 1. The molecule has 0 aromatic carbocycles. The minimum absolute atomic E-state index is 0.0162. The van der Waals surface area contributed by atoms with E-state index in [1.165, 1.54) is 11.3 Å². The lowest BCUT2D eigenvalue weighted by molar-refractivity contribution is 0.0776. The summed E-state index contributed by atoms with van der Waals surface area (Å²) in [7, 11) is 1.61. The van der Waals surface area contributed by atoms with E-state index in [0.29, 0.717) is 36.8 Å². The number of nitrogens with one attached hydrogen (secondary N) is 1. The first kappa shape index (κ1) is 21.5. The first-order chi connectivity index (χ1) is 15.0. The van der Waals surface area contributed by atoms with Crippen LogP contribution in [0.3, 0.4) is 0 Å². The molecule has 3 aromatic heterocycles. The van der Waals surface area contributed by atoms with Gasteiger partial charge in [0.25, 0.3) is 11.8 Å². The van der Waals surface area contributed by atoms with Crippen LogP contribution in [0.5, 0.6) is 0 Å². The summed E-state index contributed by atoms with van der Waals surface area (Å²) < 4.78 is 6.80. The SMILES string of the molecule is COCCNC(=O)c1sc2ncccc2c1[C@@H]1CCN(C(=O)c2ccnn2C(C)C)C1. The van der Waals surface area contributed by atoms with E-state index in [2.05, 4.69) is 15.4 Å². The average Bonchev–Trinajstić information content (AvgIpc) is 3.50. The van der Waals surface area contributed by atoms with Crippen LogP contribution in [-0.2, 0) is 4.74 Å². The van der Waals surface area contributed by atoms with Gasteiger partial charge in [-0.25, -0.2) is 4.98 Å². The molecule has 0 bridgehead atoms. The van der Waals surface area contributed by atoms with Gasteiger partial charge < -0.3 is 15.0 Å². The van der Waals surface area contributed by atoms with Crippen molar-refractivity contribution in [2.24, 2.45) is 0 Å². The molecular formula is C22H27N5O3S. The number of aromatic nitrogens is 3. The normalized spacial score (nSPS) is 16.4. The number of likely N-dealkylation sites (tertiary alicyclic amines) is 1. The van der Waals surface area contributed by atoms with Crippen LogP contribution in [0.15, 0.2) is 30.6 Å². The highest BCUT2D eigenvalue weighted by Crippen LogP contribution is 2.39. The van der Waals surface area contributed by atoms with Gasteiger partial charge in [0.1, 0.15) is 10.5 Å². The number of pyridine rings is 1. The molecule has 1 saturated heterocycles. The van der Waals surface area contributed by atoms with Crippen molar-refractivity contribution in [1.29, 1.82) is 0 Å². The van der Waals surface area contributed by atoms with Crippen LogP contribution in [0.1, 0.15) is 58.0 Å². The molecule has 0 unspecified atom stereocenters. The largest absolute Gasteiger partial charge is 0.383 e. The number of ether oxygens (including phenoxy) is 1. The van der Waals surface area contributed by atoms with Gasteiger partial charge in [0, 0.05) is 56.5 Å². The molecule has 4 rings (SSSR count). The highest BCUT2D eigenvalue weighted by atomic mass is 32.1.